The Morgan fingerprint density at radius 1 is 1.32 bits per heavy atom. The molecule has 1 amide bonds. The lowest BCUT2D eigenvalue weighted by Gasteiger charge is -2.18. The van der Waals surface area contributed by atoms with E-state index in [2.05, 4.69) is 12.2 Å². The first kappa shape index (κ1) is 22.7. The van der Waals surface area contributed by atoms with Gasteiger partial charge >= 0.3 is 11.9 Å². The fourth-order valence-electron chi connectivity index (χ4n) is 3.45. The van der Waals surface area contributed by atoms with Gasteiger partial charge in [-0.25, -0.2) is 14.0 Å². The number of nitrogens with two attached hydrogens (primary N) is 1. The monoisotopic (exact) mass is 448 g/mol. The number of carbonyl (C=O) groups excluding carboxylic acids is 3. The van der Waals surface area contributed by atoms with Crippen molar-refractivity contribution >= 4 is 39.9 Å². The molecule has 31 heavy (non-hydrogen) atoms. The molecule has 1 heterocycles. The molecule has 166 valence electrons. The lowest BCUT2D eigenvalue weighted by Crippen LogP contribution is -2.30. The molecule has 2 atom stereocenters. The molecule has 1 aliphatic carbocycles. The number of halogens is 1. The van der Waals surface area contributed by atoms with Gasteiger partial charge in [0.25, 0.3) is 5.91 Å². The van der Waals surface area contributed by atoms with Crippen LogP contribution in [-0.2, 0) is 27.1 Å². The van der Waals surface area contributed by atoms with E-state index in [-0.39, 0.29) is 17.9 Å². The summed E-state index contributed by atoms with van der Waals surface area (Å²) in [5.41, 5.74) is 6.70. The minimum Gasteiger partial charge on any atom is -0.462 e. The van der Waals surface area contributed by atoms with Crippen molar-refractivity contribution in [3.05, 3.63) is 45.6 Å². The number of benzene rings is 1. The second kappa shape index (κ2) is 9.47. The number of anilines is 2. The molecule has 1 aromatic carbocycles. The molecule has 7 nitrogen and oxygen atoms in total. The fourth-order valence-corrected chi connectivity index (χ4v) is 4.85. The van der Waals surface area contributed by atoms with E-state index in [1.165, 1.54) is 24.3 Å². The van der Waals surface area contributed by atoms with Crippen LogP contribution in [0.2, 0.25) is 0 Å². The van der Waals surface area contributed by atoms with Crippen LogP contribution in [0, 0.1) is 11.7 Å². The first-order chi connectivity index (χ1) is 14.7. The van der Waals surface area contributed by atoms with Crippen molar-refractivity contribution in [2.75, 3.05) is 17.7 Å². The highest BCUT2D eigenvalue weighted by atomic mass is 32.1. The maximum absolute atomic E-state index is 13.9. The summed E-state index contributed by atoms with van der Waals surface area (Å²) in [4.78, 5) is 38.6. The van der Waals surface area contributed by atoms with Crippen LogP contribution in [0.5, 0.6) is 0 Å². The van der Waals surface area contributed by atoms with Crippen molar-refractivity contribution in [3.8, 4) is 0 Å². The molecule has 0 bridgehead atoms. The van der Waals surface area contributed by atoms with Crippen molar-refractivity contribution in [2.24, 2.45) is 5.92 Å². The van der Waals surface area contributed by atoms with E-state index in [9.17, 15) is 18.8 Å². The summed E-state index contributed by atoms with van der Waals surface area (Å²) in [6.07, 6.45) is 1.28. The van der Waals surface area contributed by atoms with Crippen molar-refractivity contribution in [1.82, 2.24) is 0 Å². The average molecular weight is 449 g/mol. The number of carbonyl (C=O) groups is 3. The Labute approximate surface area is 183 Å². The number of nitrogen functional groups attached to an aromatic ring is 1. The first-order valence-corrected chi connectivity index (χ1v) is 10.9. The summed E-state index contributed by atoms with van der Waals surface area (Å²) in [5.74, 6) is -2.43. The Kier molecular flexibility index (Phi) is 6.94. The van der Waals surface area contributed by atoms with Gasteiger partial charge < -0.3 is 20.5 Å². The van der Waals surface area contributed by atoms with Crippen molar-refractivity contribution in [3.63, 3.8) is 0 Å². The smallest absolute Gasteiger partial charge is 0.341 e. The van der Waals surface area contributed by atoms with Crippen LogP contribution in [0.3, 0.4) is 0 Å². The molecule has 0 radical (unpaired) electrons. The Morgan fingerprint density at radius 2 is 2.06 bits per heavy atom. The zero-order valence-corrected chi connectivity index (χ0v) is 18.4. The molecule has 3 rings (SSSR count). The third-order valence-corrected chi connectivity index (χ3v) is 6.26. The predicted molar refractivity (Wildman–Crippen MR) is 116 cm³/mol. The molecule has 3 N–H and O–H groups in total. The Hall–Kier alpha value is -2.94. The number of hydrogen-bond donors (Lipinski definition) is 2. The molecule has 0 spiro atoms. The number of rotatable bonds is 6. The topological polar surface area (TPSA) is 108 Å². The molecular weight excluding hydrogens is 423 g/mol. The summed E-state index contributed by atoms with van der Waals surface area (Å²) < 4.78 is 24.2. The highest BCUT2D eigenvalue weighted by Crippen LogP contribution is 2.40. The molecule has 9 heteroatoms. The molecule has 2 aromatic rings. The van der Waals surface area contributed by atoms with Crippen molar-refractivity contribution in [2.45, 2.75) is 46.1 Å². The quantitative estimate of drug-likeness (QED) is 0.512. The van der Waals surface area contributed by atoms with Crippen molar-refractivity contribution < 1.29 is 28.2 Å². The summed E-state index contributed by atoms with van der Waals surface area (Å²) in [5, 5.41) is 3.06. The van der Waals surface area contributed by atoms with Crippen LogP contribution in [0.1, 0.15) is 58.3 Å². The molecule has 0 saturated carbocycles. The Bertz CT molecular complexity index is 1020. The van der Waals surface area contributed by atoms with Gasteiger partial charge in [0.1, 0.15) is 10.8 Å². The van der Waals surface area contributed by atoms with Crippen LogP contribution >= 0.6 is 11.3 Å². The third-order valence-electron chi connectivity index (χ3n) is 5.09. The molecule has 0 fully saturated rings. The maximum Gasteiger partial charge on any atom is 0.341 e. The predicted octanol–water partition coefficient (Wildman–Crippen LogP) is 3.95. The number of nitrogens with one attached hydrogen (secondary N) is 1. The van der Waals surface area contributed by atoms with E-state index < -0.39 is 29.8 Å². The fraction of sp³-hybridized carbons (Fsp3) is 0.409. The summed E-state index contributed by atoms with van der Waals surface area (Å²) in [6, 6.07) is 3.52. The molecular formula is C22H25FN2O5S. The number of hydrogen-bond acceptors (Lipinski definition) is 7. The second-order valence-corrected chi connectivity index (χ2v) is 8.66. The van der Waals surface area contributed by atoms with E-state index >= 15 is 0 Å². The van der Waals surface area contributed by atoms with E-state index in [4.69, 9.17) is 15.2 Å². The zero-order chi connectivity index (χ0) is 22.7. The first-order valence-electron chi connectivity index (χ1n) is 10.1. The lowest BCUT2D eigenvalue weighted by molar-refractivity contribution is -0.123. The minimum absolute atomic E-state index is 0.197. The van der Waals surface area contributed by atoms with Gasteiger partial charge in [-0.15, -0.1) is 11.3 Å². The van der Waals surface area contributed by atoms with Gasteiger partial charge in [-0.05, 0) is 62.8 Å². The minimum atomic E-state index is -1.22. The van der Waals surface area contributed by atoms with Gasteiger partial charge in [-0.1, -0.05) is 6.92 Å². The number of amides is 1. The number of fused-ring (bicyclic) bond motifs is 1. The van der Waals surface area contributed by atoms with Gasteiger partial charge in [0, 0.05) is 10.6 Å². The zero-order valence-electron chi connectivity index (χ0n) is 17.6. The standard InChI is InChI=1S/C22H25FN2O5S/c1-4-29-22(28)18-14-7-5-11(2)9-17(14)31-20(18)25-19(26)12(3)30-21(27)15-10-13(24)6-8-16(15)23/h6,8,10-12H,4-5,7,9,24H2,1-3H3,(H,25,26). The average Bonchev–Trinajstić information content (AvgIpc) is 3.06. The van der Waals surface area contributed by atoms with E-state index in [1.807, 2.05) is 0 Å². The van der Waals surface area contributed by atoms with Crippen LogP contribution in [0.15, 0.2) is 18.2 Å². The summed E-state index contributed by atoms with van der Waals surface area (Å²) in [7, 11) is 0. The molecule has 2 unspecified atom stereocenters. The number of thiophene rings is 1. The number of esters is 2. The van der Waals surface area contributed by atoms with Crippen LogP contribution in [-0.4, -0.2) is 30.6 Å². The van der Waals surface area contributed by atoms with Gasteiger partial charge in [0.2, 0.25) is 0 Å². The highest BCUT2D eigenvalue weighted by Gasteiger charge is 2.30. The van der Waals surface area contributed by atoms with Crippen LogP contribution in [0.25, 0.3) is 0 Å². The van der Waals surface area contributed by atoms with Crippen LogP contribution in [0.4, 0.5) is 15.1 Å². The molecule has 1 aliphatic rings. The highest BCUT2D eigenvalue weighted by molar-refractivity contribution is 7.17. The van der Waals surface area contributed by atoms with Gasteiger partial charge in [0.15, 0.2) is 6.10 Å². The summed E-state index contributed by atoms with van der Waals surface area (Å²) >= 11 is 1.34. The lowest BCUT2D eigenvalue weighted by atomic mass is 9.88. The number of ether oxygens (including phenoxy) is 2. The normalized spacial score (nSPS) is 16.2. The van der Waals surface area contributed by atoms with Crippen LogP contribution < -0.4 is 11.1 Å². The van der Waals surface area contributed by atoms with Gasteiger partial charge in [-0.3, -0.25) is 4.79 Å². The molecule has 0 aliphatic heterocycles. The Morgan fingerprint density at radius 3 is 2.77 bits per heavy atom. The maximum atomic E-state index is 13.9. The van der Waals surface area contributed by atoms with Gasteiger partial charge in [0.05, 0.1) is 17.7 Å². The van der Waals surface area contributed by atoms with Gasteiger partial charge in [-0.2, -0.15) is 0 Å². The summed E-state index contributed by atoms with van der Waals surface area (Å²) in [6.45, 7) is 5.44. The molecule has 1 aromatic heterocycles. The van der Waals surface area contributed by atoms with Crippen molar-refractivity contribution in [1.29, 1.82) is 0 Å². The Balaban J connectivity index is 1.78. The van der Waals surface area contributed by atoms with E-state index in [0.717, 1.165) is 41.8 Å². The van der Waals surface area contributed by atoms with E-state index in [1.54, 1.807) is 6.92 Å². The van der Waals surface area contributed by atoms with E-state index in [0.29, 0.717) is 16.5 Å². The SMILES string of the molecule is CCOC(=O)c1c(NC(=O)C(C)OC(=O)c2cc(N)ccc2F)sc2c1CCC(C)C2. The second-order valence-electron chi connectivity index (χ2n) is 7.55. The third kappa shape index (κ3) is 5.04. The largest absolute Gasteiger partial charge is 0.462 e. The molecule has 0 saturated heterocycles.